The van der Waals surface area contributed by atoms with Crippen molar-refractivity contribution >= 4 is 21.7 Å². The molecular formula is C14H18BrNO3. The first kappa shape index (κ1) is 14.5. The summed E-state index contributed by atoms with van der Waals surface area (Å²) >= 11 is 3.40. The largest absolute Gasteiger partial charge is 0.496 e. The fourth-order valence-electron chi connectivity index (χ4n) is 2.09. The zero-order valence-corrected chi connectivity index (χ0v) is 12.6. The van der Waals surface area contributed by atoms with Crippen molar-refractivity contribution in [3.63, 3.8) is 0 Å². The topological polar surface area (TPSA) is 38.8 Å². The first-order valence-electron chi connectivity index (χ1n) is 6.37. The lowest BCUT2D eigenvalue weighted by Crippen LogP contribution is -2.32. The second-order valence-electron chi connectivity index (χ2n) is 4.51. The molecule has 1 fully saturated rings. The third-order valence-corrected chi connectivity index (χ3v) is 3.78. The van der Waals surface area contributed by atoms with E-state index in [0.29, 0.717) is 18.7 Å². The molecule has 19 heavy (non-hydrogen) atoms. The van der Waals surface area contributed by atoms with Crippen LogP contribution in [0.25, 0.3) is 0 Å². The Morgan fingerprint density at radius 3 is 3.00 bits per heavy atom. The number of ketones is 1. The Labute approximate surface area is 121 Å². The smallest absolute Gasteiger partial charge is 0.176 e. The molecule has 0 amide bonds. The molecule has 0 radical (unpaired) electrons. The summed E-state index contributed by atoms with van der Waals surface area (Å²) in [5.74, 6) is 0.866. The van der Waals surface area contributed by atoms with Crippen molar-refractivity contribution in [2.75, 3.05) is 40.0 Å². The van der Waals surface area contributed by atoms with Crippen LogP contribution in [-0.2, 0) is 4.74 Å². The third kappa shape index (κ3) is 4.03. The average Bonchev–Trinajstić information content (AvgIpc) is 2.67. The Bertz CT molecular complexity index is 442. The molecule has 0 aliphatic carbocycles. The molecule has 1 aliphatic heterocycles. The Hall–Kier alpha value is -0.910. The molecule has 2 rings (SSSR count). The summed E-state index contributed by atoms with van der Waals surface area (Å²) in [6, 6.07) is 5.43. The molecular weight excluding hydrogens is 310 g/mol. The average molecular weight is 328 g/mol. The van der Waals surface area contributed by atoms with Crippen LogP contribution in [0.3, 0.4) is 0 Å². The number of methoxy groups -OCH3 is 1. The van der Waals surface area contributed by atoms with E-state index < -0.39 is 0 Å². The second-order valence-corrected chi connectivity index (χ2v) is 5.37. The van der Waals surface area contributed by atoms with E-state index in [9.17, 15) is 4.79 Å². The summed E-state index contributed by atoms with van der Waals surface area (Å²) < 4.78 is 11.4. The van der Waals surface area contributed by atoms with Crippen LogP contribution in [0.1, 0.15) is 16.8 Å². The molecule has 1 aliphatic rings. The van der Waals surface area contributed by atoms with Crippen LogP contribution in [0, 0.1) is 0 Å². The zero-order valence-electron chi connectivity index (χ0n) is 11.0. The highest BCUT2D eigenvalue weighted by atomic mass is 79.9. The molecule has 0 unspecified atom stereocenters. The van der Waals surface area contributed by atoms with E-state index in [1.807, 2.05) is 12.1 Å². The van der Waals surface area contributed by atoms with E-state index in [1.54, 1.807) is 13.2 Å². The molecule has 0 bridgehead atoms. The fraction of sp³-hybridized carbons (Fsp3) is 0.500. The Balaban J connectivity index is 2.00. The number of benzene rings is 1. The van der Waals surface area contributed by atoms with Crippen LogP contribution < -0.4 is 4.74 Å². The van der Waals surface area contributed by atoms with Gasteiger partial charge in [0.2, 0.25) is 0 Å². The zero-order chi connectivity index (χ0) is 13.7. The van der Waals surface area contributed by atoms with Gasteiger partial charge in [0.1, 0.15) is 5.75 Å². The van der Waals surface area contributed by atoms with Gasteiger partial charge in [0.15, 0.2) is 5.78 Å². The Morgan fingerprint density at radius 2 is 2.26 bits per heavy atom. The van der Waals surface area contributed by atoms with Crippen molar-refractivity contribution < 1.29 is 14.3 Å². The van der Waals surface area contributed by atoms with Gasteiger partial charge in [0, 0.05) is 25.3 Å². The minimum atomic E-state index is 0.130. The molecule has 1 aromatic rings. The number of halogens is 1. The number of nitrogens with zero attached hydrogens (tertiary/aromatic N) is 1. The summed E-state index contributed by atoms with van der Waals surface area (Å²) in [6.07, 6.45) is 0.986. The van der Waals surface area contributed by atoms with Gasteiger partial charge in [-0.15, -0.1) is 0 Å². The van der Waals surface area contributed by atoms with Crippen molar-refractivity contribution in [1.29, 1.82) is 0 Å². The molecule has 1 aromatic carbocycles. The number of ether oxygens (including phenoxy) is 2. The van der Waals surface area contributed by atoms with Gasteiger partial charge in [-0.1, -0.05) is 0 Å². The quantitative estimate of drug-likeness (QED) is 0.796. The van der Waals surface area contributed by atoms with Crippen molar-refractivity contribution in [3.05, 3.63) is 28.2 Å². The maximum absolute atomic E-state index is 12.2. The number of Topliss-reactive ketones (excluding diaryl/α,β-unsaturated/α-hetero) is 1. The lowest BCUT2D eigenvalue weighted by Gasteiger charge is -2.18. The van der Waals surface area contributed by atoms with E-state index in [1.165, 1.54) is 0 Å². The van der Waals surface area contributed by atoms with Crippen molar-refractivity contribution in [1.82, 2.24) is 4.90 Å². The molecule has 1 heterocycles. The molecule has 5 heteroatoms. The van der Waals surface area contributed by atoms with Gasteiger partial charge in [0.05, 0.1) is 24.7 Å². The van der Waals surface area contributed by atoms with Crippen LogP contribution in [-0.4, -0.2) is 50.6 Å². The van der Waals surface area contributed by atoms with Gasteiger partial charge < -0.3 is 9.47 Å². The third-order valence-electron chi connectivity index (χ3n) is 3.16. The first-order chi connectivity index (χ1) is 9.20. The summed E-state index contributed by atoms with van der Waals surface area (Å²) in [6.45, 7) is 3.69. The summed E-state index contributed by atoms with van der Waals surface area (Å²) in [7, 11) is 1.61. The molecule has 0 aromatic heterocycles. The minimum Gasteiger partial charge on any atom is -0.496 e. The summed E-state index contributed by atoms with van der Waals surface area (Å²) in [5.41, 5.74) is 0.706. The summed E-state index contributed by atoms with van der Waals surface area (Å²) in [5, 5.41) is 0. The van der Waals surface area contributed by atoms with Gasteiger partial charge in [0.25, 0.3) is 0 Å². The van der Waals surface area contributed by atoms with Crippen molar-refractivity contribution in [2.45, 2.75) is 6.42 Å². The highest BCUT2D eigenvalue weighted by Crippen LogP contribution is 2.25. The van der Waals surface area contributed by atoms with E-state index in [2.05, 4.69) is 20.8 Å². The van der Waals surface area contributed by atoms with Crippen molar-refractivity contribution in [2.24, 2.45) is 0 Å². The normalized spacial score (nSPS) is 16.9. The number of carbonyl (C=O) groups is 1. The molecule has 0 atom stereocenters. The number of hydrogen-bond donors (Lipinski definition) is 0. The molecule has 104 valence electrons. The highest BCUT2D eigenvalue weighted by molar-refractivity contribution is 9.10. The second kappa shape index (κ2) is 7.03. The van der Waals surface area contributed by atoms with Crippen LogP contribution in [0.4, 0.5) is 0 Å². The minimum absolute atomic E-state index is 0.130. The number of rotatable bonds is 4. The SMILES string of the molecule is COc1ccc(C(=O)CN2CCCOCC2)cc1Br. The van der Waals surface area contributed by atoms with Gasteiger partial charge in [-0.25, -0.2) is 0 Å². The Morgan fingerprint density at radius 1 is 1.42 bits per heavy atom. The van der Waals surface area contributed by atoms with Gasteiger partial charge in [-0.3, -0.25) is 9.69 Å². The maximum Gasteiger partial charge on any atom is 0.176 e. The molecule has 1 saturated heterocycles. The lowest BCUT2D eigenvalue weighted by atomic mass is 10.1. The highest BCUT2D eigenvalue weighted by Gasteiger charge is 2.15. The monoisotopic (exact) mass is 327 g/mol. The fourth-order valence-corrected chi connectivity index (χ4v) is 2.63. The van der Waals surface area contributed by atoms with Crippen molar-refractivity contribution in [3.8, 4) is 5.75 Å². The standard InChI is InChI=1S/C14H18BrNO3/c1-18-14-4-3-11(9-12(14)15)13(17)10-16-5-2-7-19-8-6-16/h3-4,9H,2,5-8,10H2,1H3. The van der Waals surface area contributed by atoms with Gasteiger partial charge in [-0.05, 0) is 40.5 Å². The van der Waals surface area contributed by atoms with Crippen LogP contribution in [0.5, 0.6) is 5.75 Å². The van der Waals surface area contributed by atoms with Crippen LogP contribution in [0.15, 0.2) is 22.7 Å². The number of carbonyl (C=O) groups excluding carboxylic acids is 1. The molecule has 0 N–H and O–H groups in total. The molecule has 0 saturated carbocycles. The van der Waals surface area contributed by atoms with Gasteiger partial charge in [-0.2, -0.15) is 0 Å². The van der Waals surface area contributed by atoms with Crippen LogP contribution in [0.2, 0.25) is 0 Å². The van der Waals surface area contributed by atoms with E-state index in [0.717, 1.165) is 36.3 Å². The molecule has 0 spiro atoms. The lowest BCUT2D eigenvalue weighted by molar-refractivity contribution is 0.0922. The maximum atomic E-state index is 12.2. The predicted molar refractivity (Wildman–Crippen MR) is 76.9 cm³/mol. The molecule has 4 nitrogen and oxygen atoms in total. The van der Waals surface area contributed by atoms with Crippen LogP contribution >= 0.6 is 15.9 Å². The van der Waals surface area contributed by atoms with E-state index in [-0.39, 0.29) is 5.78 Å². The predicted octanol–water partition coefficient (Wildman–Crippen LogP) is 2.36. The van der Waals surface area contributed by atoms with E-state index >= 15 is 0 Å². The number of hydrogen-bond acceptors (Lipinski definition) is 4. The first-order valence-corrected chi connectivity index (χ1v) is 7.17. The van der Waals surface area contributed by atoms with E-state index in [4.69, 9.17) is 9.47 Å². The Kier molecular flexibility index (Phi) is 5.36. The van der Waals surface area contributed by atoms with Gasteiger partial charge >= 0.3 is 0 Å². The summed E-state index contributed by atoms with van der Waals surface area (Å²) in [4.78, 5) is 14.4.